The maximum absolute atomic E-state index is 14.7. The molecule has 0 spiro atoms. The van der Waals surface area contributed by atoms with Gasteiger partial charge in [-0.3, -0.25) is 0 Å². The fourth-order valence-electron chi connectivity index (χ4n) is 5.62. The minimum atomic E-state index is -3.90. The van der Waals surface area contributed by atoms with Crippen LogP contribution in [0.4, 0.5) is 0 Å². The zero-order valence-corrected chi connectivity index (χ0v) is 22.6. The molecule has 0 aliphatic carbocycles. The van der Waals surface area contributed by atoms with Gasteiger partial charge in [0.25, 0.3) is 0 Å². The van der Waals surface area contributed by atoms with Crippen molar-refractivity contribution in [2.24, 2.45) is 0 Å². The van der Waals surface area contributed by atoms with Crippen LogP contribution in [0, 0.1) is 0 Å². The van der Waals surface area contributed by atoms with Gasteiger partial charge in [0.05, 0.1) is 9.79 Å². The first kappa shape index (κ1) is 27.2. The largest absolute Gasteiger partial charge is 0.507 e. The van der Waals surface area contributed by atoms with Crippen LogP contribution >= 0.6 is 0 Å². The normalized spacial score (nSPS) is 11.9. The highest BCUT2D eigenvalue weighted by Gasteiger charge is 2.35. The molecular formula is C28H42O4S. The summed E-state index contributed by atoms with van der Waals surface area (Å²) in [5, 5.41) is 22.1. The standard InChI is InChI=1S/C28H42O4S/c1-9-17-21(13-5)27(22(14-6)18(10-2)25(17)29)33(31,32)28-23(15-7)19(11-3)26(30)20(12-4)24(28)16-8/h29-30H,9-16H2,1-8H3. The van der Waals surface area contributed by atoms with Gasteiger partial charge in [0.15, 0.2) is 0 Å². The highest BCUT2D eigenvalue weighted by molar-refractivity contribution is 7.91. The van der Waals surface area contributed by atoms with Crippen molar-refractivity contribution in [1.29, 1.82) is 0 Å². The fourth-order valence-corrected chi connectivity index (χ4v) is 8.19. The second-order valence-corrected chi connectivity index (χ2v) is 10.3. The van der Waals surface area contributed by atoms with Crippen LogP contribution in [0.5, 0.6) is 11.5 Å². The molecule has 0 bridgehead atoms. The molecule has 33 heavy (non-hydrogen) atoms. The van der Waals surface area contributed by atoms with E-state index in [0.717, 1.165) is 44.5 Å². The molecule has 0 saturated heterocycles. The van der Waals surface area contributed by atoms with Gasteiger partial charge in [0.2, 0.25) is 9.84 Å². The highest BCUT2D eigenvalue weighted by atomic mass is 32.2. The molecule has 0 amide bonds. The van der Waals surface area contributed by atoms with E-state index in [1.165, 1.54) is 0 Å². The summed E-state index contributed by atoms with van der Waals surface area (Å²) in [6.45, 7) is 15.7. The maximum atomic E-state index is 14.7. The third kappa shape index (κ3) is 4.29. The van der Waals surface area contributed by atoms with Gasteiger partial charge in [-0.25, -0.2) is 8.42 Å². The van der Waals surface area contributed by atoms with E-state index in [0.29, 0.717) is 61.2 Å². The molecule has 0 unspecified atom stereocenters. The summed E-state index contributed by atoms with van der Waals surface area (Å²) in [7, 11) is -3.90. The van der Waals surface area contributed by atoms with Gasteiger partial charge in [-0.1, -0.05) is 55.4 Å². The first-order chi connectivity index (χ1) is 15.7. The Kier molecular flexibility index (Phi) is 9.03. The Morgan fingerprint density at radius 3 is 0.758 bits per heavy atom. The molecule has 0 atom stereocenters. The molecule has 2 aromatic rings. The predicted molar refractivity (Wildman–Crippen MR) is 137 cm³/mol. The summed E-state index contributed by atoms with van der Waals surface area (Å²) in [6.07, 6.45) is 4.43. The van der Waals surface area contributed by atoms with Crippen LogP contribution in [0.25, 0.3) is 0 Å². The van der Waals surface area contributed by atoms with E-state index in [-0.39, 0.29) is 11.5 Å². The fraction of sp³-hybridized carbons (Fsp3) is 0.571. The predicted octanol–water partition coefficient (Wildman–Crippen LogP) is 6.43. The van der Waals surface area contributed by atoms with Crippen molar-refractivity contribution in [3.63, 3.8) is 0 Å². The number of phenolic OH excluding ortho intramolecular Hbond substituents is 2. The molecule has 0 aliphatic heterocycles. The number of hydrogen-bond acceptors (Lipinski definition) is 4. The maximum Gasteiger partial charge on any atom is 0.207 e. The van der Waals surface area contributed by atoms with Crippen LogP contribution in [-0.2, 0) is 61.2 Å². The molecule has 2 rings (SSSR count). The smallest absolute Gasteiger partial charge is 0.207 e. The lowest BCUT2D eigenvalue weighted by atomic mass is 9.91. The van der Waals surface area contributed by atoms with Crippen molar-refractivity contribution < 1.29 is 18.6 Å². The van der Waals surface area contributed by atoms with E-state index in [9.17, 15) is 18.6 Å². The number of aromatic hydroxyl groups is 2. The summed E-state index contributed by atoms with van der Waals surface area (Å²) < 4.78 is 29.4. The summed E-state index contributed by atoms with van der Waals surface area (Å²) >= 11 is 0. The van der Waals surface area contributed by atoms with Gasteiger partial charge in [-0.15, -0.1) is 0 Å². The van der Waals surface area contributed by atoms with Crippen molar-refractivity contribution in [3.05, 3.63) is 44.5 Å². The van der Waals surface area contributed by atoms with E-state index >= 15 is 0 Å². The molecule has 184 valence electrons. The van der Waals surface area contributed by atoms with Crippen LogP contribution in [0.3, 0.4) is 0 Å². The molecule has 0 aliphatic rings. The van der Waals surface area contributed by atoms with Crippen LogP contribution < -0.4 is 0 Å². The Morgan fingerprint density at radius 1 is 0.424 bits per heavy atom. The zero-order chi connectivity index (χ0) is 25.1. The van der Waals surface area contributed by atoms with E-state index < -0.39 is 9.84 Å². The summed E-state index contributed by atoms with van der Waals surface area (Å²) in [4.78, 5) is 0.774. The molecule has 0 saturated carbocycles. The van der Waals surface area contributed by atoms with E-state index in [1.807, 2.05) is 55.4 Å². The summed E-state index contributed by atoms with van der Waals surface area (Å²) in [5.74, 6) is 0.515. The van der Waals surface area contributed by atoms with Crippen LogP contribution in [-0.4, -0.2) is 18.6 Å². The molecule has 4 nitrogen and oxygen atoms in total. The minimum absolute atomic E-state index is 0.258. The van der Waals surface area contributed by atoms with E-state index in [2.05, 4.69) is 0 Å². The lowest BCUT2D eigenvalue weighted by Gasteiger charge is -2.26. The number of sulfone groups is 1. The molecule has 0 heterocycles. The number of hydrogen-bond donors (Lipinski definition) is 2. The Hall–Kier alpha value is -2.01. The third-order valence-corrected chi connectivity index (χ3v) is 9.12. The van der Waals surface area contributed by atoms with E-state index in [4.69, 9.17) is 0 Å². The molecule has 0 fully saturated rings. The number of phenols is 2. The van der Waals surface area contributed by atoms with Gasteiger partial charge in [-0.2, -0.15) is 0 Å². The first-order valence-corrected chi connectivity index (χ1v) is 14.2. The zero-order valence-electron chi connectivity index (χ0n) is 21.8. The van der Waals surface area contributed by atoms with Crippen molar-refractivity contribution in [2.45, 2.75) is 117 Å². The Bertz CT molecular complexity index is 978. The van der Waals surface area contributed by atoms with Crippen molar-refractivity contribution in [3.8, 4) is 11.5 Å². The Balaban J connectivity index is 3.24. The molecule has 2 aromatic carbocycles. The first-order valence-electron chi connectivity index (χ1n) is 12.7. The SMILES string of the molecule is CCc1c(O)c(CC)c(CC)c(S(=O)(=O)c2c(CC)c(CC)c(O)c(CC)c2CC)c1CC. The van der Waals surface area contributed by atoms with Gasteiger partial charge in [-0.05, 0) is 95.9 Å². The van der Waals surface area contributed by atoms with E-state index in [1.54, 1.807) is 0 Å². The molecule has 0 aromatic heterocycles. The van der Waals surface area contributed by atoms with Crippen LogP contribution in [0.2, 0.25) is 0 Å². The quantitative estimate of drug-likeness (QED) is 0.416. The lowest BCUT2D eigenvalue weighted by Crippen LogP contribution is -2.19. The lowest BCUT2D eigenvalue weighted by molar-refractivity contribution is 0.458. The Morgan fingerprint density at radius 2 is 0.606 bits per heavy atom. The molecule has 2 N–H and O–H groups in total. The average Bonchev–Trinajstić information content (AvgIpc) is 2.81. The second kappa shape index (κ2) is 10.9. The van der Waals surface area contributed by atoms with Crippen LogP contribution in [0.1, 0.15) is 99.9 Å². The topological polar surface area (TPSA) is 74.6 Å². The third-order valence-electron chi connectivity index (χ3n) is 7.06. The molecule has 0 radical (unpaired) electrons. The Labute approximate surface area is 201 Å². The van der Waals surface area contributed by atoms with Crippen molar-refractivity contribution in [1.82, 2.24) is 0 Å². The van der Waals surface area contributed by atoms with Crippen molar-refractivity contribution >= 4 is 9.84 Å². The molecule has 5 heteroatoms. The van der Waals surface area contributed by atoms with Gasteiger partial charge in [0, 0.05) is 0 Å². The second-order valence-electron chi connectivity index (χ2n) is 8.52. The van der Waals surface area contributed by atoms with Crippen molar-refractivity contribution in [2.75, 3.05) is 0 Å². The number of rotatable bonds is 10. The molecular weight excluding hydrogens is 432 g/mol. The minimum Gasteiger partial charge on any atom is -0.507 e. The summed E-state index contributed by atoms with van der Waals surface area (Å²) in [6, 6.07) is 0. The summed E-state index contributed by atoms with van der Waals surface area (Å²) in [5.41, 5.74) is 5.90. The van der Waals surface area contributed by atoms with Gasteiger partial charge >= 0.3 is 0 Å². The van der Waals surface area contributed by atoms with Gasteiger partial charge < -0.3 is 10.2 Å². The van der Waals surface area contributed by atoms with Gasteiger partial charge in [0.1, 0.15) is 11.5 Å². The average molecular weight is 475 g/mol. The highest BCUT2D eigenvalue weighted by Crippen LogP contribution is 2.44. The van der Waals surface area contributed by atoms with Crippen LogP contribution in [0.15, 0.2) is 9.79 Å². The monoisotopic (exact) mass is 474 g/mol. The number of benzene rings is 2.